The third-order valence-corrected chi connectivity index (χ3v) is 5.60. The van der Waals surface area contributed by atoms with Gasteiger partial charge >= 0.3 is 0 Å². The first-order valence-electron chi connectivity index (χ1n) is 7.88. The van der Waals surface area contributed by atoms with Gasteiger partial charge in [0.25, 0.3) is 0 Å². The molecule has 0 radical (unpaired) electrons. The minimum atomic E-state index is -0.585. The van der Waals surface area contributed by atoms with Gasteiger partial charge in [-0.1, -0.05) is 47.1 Å². The summed E-state index contributed by atoms with van der Waals surface area (Å²) in [5, 5.41) is 2.91. The van der Waals surface area contributed by atoms with Crippen molar-refractivity contribution in [3.63, 3.8) is 0 Å². The van der Waals surface area contributed by atoms with E-state index in [4.69, 9.17) is 0 Å². The zero-order valence-corrected chi connectivity index (χ0v) is 14.9. The Morgan fingerprint density at radius 2 is 2.00 bits per heavy atom. The van der Waals surface area contributed by atoms with Gasteiger partial charge in [0.2, 0.25) is 5.91 Å². The first-order chi connectivity index (χ1) is 11.4. The summed E-state index contributed by atoms with van der Waals surface area (Å²) in [6, 6.07) is 11.2. The maximum absolute atomic E-state index is 14.1. The third-order valence-electron chi connectivity index (χ3n) is 4.83. The fourth-order valence-corrected chi connectivity index (χ4v) is 3.66. The molecule has 0 saturated heterocycles. The predicted octanol–water partition coefficient (Wildman–Crippen LogP) is 4.36. The third kappa shape index (κ3) is 3.36. The fraction of sp³-hybridized carbons (Fsp3) is 0.316. The number of halogens is 3. The molecule has 2 nitrogen and oxygen atoms in total. The van der Waals surface area contributed by atoms with Crippen molar-refractivity contribution in [2.45, 2.75) is 25.2 Å². The Kier molecular flexibility index (Phi) is 4.72. The van der Waals surface area contributed by atoms with Crippen molar-refractivity contribution in [3.8, 4) is 0 Å². The number of carbonyl (C=O) groups is 1. The molecule has 2 aromatic carbocycles. The molecule has 3 rings (SSSR count). The van der Waals surface area contributed by atoms with Crippen molar-refractivity contribution in [3.05, 3.63) is 69.7 Å². The van der Waals surface area contributed by atoms with Gasteiger partial charge in [0, 0.05) is 22.5 Å². The molecule has 0 bridgehead atoms. The summed E-state index contributed by atoms with van der Waals surface area (Å²) in [6.45, 7) is 2.38. The summed E-state index contributed by atoms with van der Waals surface area (Å²) in [5.41, 5.74) is 0.958. The van der Waals surface area contributed by atoms with Gasteiger partial charge in [0.15, 0.2) is 0 Å². The van der Waals surface area contributed by atoms with Crippen LogP contribution in [0.5, 0.6) is 0 Å². The van der Waals surface area contributed by atoms with Crippen molar-refractivity contribution < 1.29 is 13.6 Å². The second kappa shape index (κ2) is 6.63. The summed E-state index contributed by atoms with van der Waals surface area (Å²) in [6.07, 6.45) is 1.04. The summed E-state index contributed by atoms with van der Waals surface area (Å²) in [7, 11) is 0. The van der Waals surface area contributed by atoms with Crippen molar-refractivity contribution in [2.75, 3.05) is 6.54 Å². The van der Waals surface area contributed by atoms with E-state index in [0.717, 1.165) is 22.5 Å². The maximum Gasteiger partial charge on any atom is 0.224 e. The van der Waals surface area contributed by atoms with Crippen LogP contribution in [0.4, 0.5) is 8.78 Å². The molecule has 2 aromatic rings. The SMILES string of the molecule is CC1CC1(CNC(=O)Cc1ccccc1Br)c1ccc(F)cc1F. The van der Waals surface area contributed by atoms with Crippen LogP contribution in [-0.4, -0.2) is 12.5 Å². The second-order valence-electron chi connectivity index (χ2n) is 6.43. The zero-order chi connectivity index (χ0) is 17.3. The van der Waals surface area contributed by atoms with Crippen molar-refractivity contribution in [1.29, 1.82) is 0 Å². The molecule has 2 atom stereocenters. The van der Waals surface area contributed by atoms with E-state index in [9.17, 15) is 13.6 Å². The van der Waals surface area contributed by atoms with Gasteiger partial charge in [-0.05, 0) is 35.6 Å². The van der Waals surface area contributed by atoms with Crippen LogP contribution < -0.4 is 5.32 Å². The molecule has 24 heavy (non-hydrogen) atoms. The Morgan fingerprint density at radius 3 is 2.62 bits per heavy atom. The van der Waals surface area contributed by atoms with E-state index in [2.05, 4.69) is 21.2 Å². The molecule has 1 N–H and O–H groups in total. The van der Waals surface area contributed by atoms with Crippen LogP contribution >= 0.6 is 15.9 Å². The number of amides is 1. The first-order valence-corrected chi connectivity index (χ1v) is 8.67. The summed E-state index contributed by atoms with van der Waals surface area (Å²) in [4.78, 5) is 12.2. The molecule has 1 saturated carbocycles. The normalized spacial score (nSPS) is 22.2. The summed E-state index contributed by atoms with van der Waals surface area (Å²) in [5.74, 6) is -0.985. The van der Waals surface area contributed by atoms with E-state index in [1.807, 2.05) is 31.2 Å². The monoisotopic (exact) mass is 393 g/mol. The molecule has 126 valence electrons. The van der Waals surface area contributed by atoms with Crippen LogP contribution in [0.1, 0.15) is 24.5 Å². The highest BCUT2D eigenvalue weighted by molar-refractivity contribution is 9.10. The molecular weight excluding hydrogens is 376 g/mol. The lowest BCUT2D eigenvalue weighted by Crippen LogP contribution is -2.34. The molecule has 0 spiro atoms. The lowest BCUT2D eigenvalue weighted by atomic mass is 9.92. The van der Waals surface area contributed by atoms with E-state index in [-0.39, 0.29) is 18.2 Å². The van der Waals surface area contributed by atoms with E-state index >= 15 is 0 Å². The molecule has 1 aliphatic carbocycles. The van der Waals surface area contributed by atoms with Crippen molar-refractivity contribution in [1.82, 2.24) is 5.32 Å². The first kappa shape index (κ1) is 17.1. The van der Waals surface area contributed by atoms with Crippen LogP contribution in [0.15, 0.2) is 46.9 Å². The van der Waals surface area contributed by atoms with Crippen molar-refractivity contribution in [2.24, 2.45) is 5.92 Å². The predicted molar refractivity (Wildman–Crippen MR) is 92.7 cm³/mol. The minimum absolute atomic E-state index is 0.108. The molecule has 0 aliphatic heterocycles. The molecule has 0 aromatic heterocycles. The molecule has 1 amide bonds. The van der Waals surface area contributed by atoms with Gasteiger partial charge < -0.3 is 5.32 Å². The van der Waals surface area contributed by atoms with Gasteiger partial charge in [-0.2, -0.15) is 0 Å². The molecule has 0 heterocycles. The highest BCUT2D eigenvalue weighted by Gasteiger charge is 2.53. The molecule has 5 heteroatoms. The topological polar surface area (TPSA) is 29.1 Å². The van der Waals surface area contributed by atoms with Crippen molar-refractivity contribution >= 4 is 21.8 Å². The van der Waals surface area contributed by atoms with Crippen LogP contribution in [0.2, 0.25) is 0 Å². The van der Waals surface area contributed by atoms with Gasteiger partial charge in [-0.15, -0.1) is 0 Å². The average Bonchev–Trinajstić information content (AvgIpc) is 3.18. The number of hydrogen-bond acceptors (Lipinski definition) is 1. The number of benzene rings is 2. The van der Waals surface area contributed by atoms with Crippen LogP contribution in [0, 0.1) is 17.6 Å². The van der Waals surface area contributed by atoms with Gasteiger partial charge in [0.05, 0.1) is 6.42 Å². The van der Waals surface area contributed by atoms with Gasteiger partial charge in [-0.3, -0.25) is 4.79 Å². The lowest BCUT2D eigenvalue weighted by Gasteiger charge is -2.19. The Labute approximate surface area is 148 Å². The Bertz CT molecular complexity index is 780. The number of hydrogen-bond donors (Lipinski definition) is 1. The Morgan fingerprint density at radius 1 is 1.29 bits per heavy atom. The smallest absolute Gasteiger partial charge is 0.224 e. The largest absolute Gasteiger partial charge is 0.355 e. The average molecular weight is 394 g/mol. The van der Waals surface area contributed by atoms with E-state index in [1.54, 1.807) is 0 Å². The summed E-state index contributed by atoms with van der Waals surface area (Å²) >= 11 is 3.43. The van der Waals surface area contributed by atoms with Crippen LogP contribution in [0.3, 0.4) is 0 Å². The van der Waals surface area contributed by atoms with E-state index < -0.39 is 17.0 Å². The Balaban J connectivity index is 1.68. The zero-order valence-electron chi connectivity index (χ0n) is 13.3. The van der Waals surface area contributed by atoms with E-state index in [0.29, 0.717) is 12.1 Å². The second-order valence-corrected chi connectivity index (χ2v) is 7.28. The number of nitrogens with one attached hydrogen (secondary N) is 1. The molecule has 1 aliphatic rings. The lowest BCUT2D eigenvalue weighted by molar-refractivity contribution is -0.120. The van der Waals surface area contributed by atoms with Crippen LogP contribution in [-0.2, 0) is 16.6 Å². The van der Waals surface area contributed by atoms with Crippen LogP contribution in [0.25, 0.3) is 0 Å². The highest BCUT2D eigenvalue weighted by Crippen LogP contribution is 2.54. The standard InChI is InChI=1S/C19H18BrF2NO/c1-12-10-19(12,15-7-6-14(21)9-17(15)22)11-23-18(24)8-13-4-2-3-5-16(13)20/h2-7,9,12H,8,10-11H2,1H3,(H,23,24). The molecular formula is C19H18BrF2NO. The Hall–Kier alpha value is -1.75. The quantitative estimate of drug-likeness (QED) is 0.802. The molecule has 2 unspecified atom stereocenters. The number of carbonyl (C=O) groups excluding carboxylic acids is 1. The molecule has 1 fully saturated rings. The van der Waals surface area contributed by atoms with Gasteiger partial charge in [0.1, 0.15) is 11.6 Å². The number of rotatable bonds is 5. The highest BCUT2D eigenvalue weighted by atomic mass is 79.9. The van der Waals surface area contributed by atoms with Gasteiger partial charge in [-0.25, -0.2) is 8.78 Å². The summed E-state index contributed by atoms with van der Waals surface area (Å²) < 4.78 is 28.1. The minimum Gasteiger partial charge on any atom is -0.355 e. The van der Waals surface area contributed by atoms with E-state index in [1.165, 1.54) is 12.1 Å². The maximum atomic E-state index is 14.1. The fourth-order valence-electron chi connectivity index (χ4n) is 3.23.